The minimum Gasteiger partial charge on any atom is -0.351 e. The number of rotatable bonds is 7. The van der Waals surface area contributed by atoms with Crippen molar-refractivity contribution < 1.29 is 14.0 Å². The maximum Gasteiger partial charge on any atom is 0.272 e. The molecule has 0 aliphatic carbocycles. The zero-order valence-electron chi connectivity index (χ0n) is 18.0. The molecule has 1 fully saturated rings. The lowest BCUT2D eigenvalue weighted by molar-refractivity contribution is 0.0683. The topological polar surface area (TPSA) is 70.5 Å². The quantitative estimate of drug-likeness (QED) is 0.690. The summed E-state index contributed by atoms with van der Waals surface area (Å²) in [7, 11) is 0. The normalized spacial score (nSPS) is 19.4. The molecule has 7 nitrogen and oxygen atoms in total. The van der Waals surface area contributed by atoms with Gasteiger partial charge >= 0.3 is 0 Å². The van der Waals surface area contributed by atoms with Gasteiger partial charge in [0.2, 0.25) is 0 Å². The van der Waals surface area contributed by atoms with E-state index in [4.69, 9.17) is 0 Å². The number of nitrogens with one attached hydrogen (secondary N) is 1. The van der Waals surface area contributed by atoms with E-state index in [-0.39, 0.29) is 23.3 Å². The van der Waals surface area contributed by atoms with Crippen LogP contribution in [0.15, 0.2) is 30.3 Å². The van der Waals surface area contributed by atoms with Crippen molar-refractivity contribution in [3.8, 4) is 0 Å². The fourth-order valence-electron chi connectivity index (χ4n) is 4.37. The first-order chi connectivity index (χ1) is 15.0. The average molecular weight is 428 g/mol. The summed E-state index contributed by atoms with van der Waals surface area (Å²) in [5.41, 5.74) is 1.56. The lowest BCUT2D eigenvalue weighted by Crippen LogP contribution is -2.39. The fraction of sp³-hybridized carbons (Fsp3) is 0.522. The number of amides is 2. The third kappa shape index (κ3) is 5.12. The third-order valence-corrected chi connectivity index (χ3v) is 6.24. The van der Waals surface area contributed by atoms with Crippen LogP contribution in [0.5, 0.6) is 0 Å². The summed E-state index contributed by atoms with van der Waals surface area (Å²) >= 11 is 0. The Bertz CT molecular complexity index is 927. The molecule has 4 rings (SSSR count). The van der Waals surface area contributed by atoms with Gasteiger partial charge < -0.3 is 15.1 Å². The number of carbonyl (C=O) groups is 2. The van der Waals surface area contributed by atoms with Crippen LogP contribution in [0.2, 0.25) is 0 Å². The summed E-state index contributed by atoms with van der Waals surface area (Å²) in [4.78, 5) is 29.6. The number of hydrogen-bond donors (Lipinski definition) is 1. The average Bonchev–Trinajstić information content (AvgIpc) is 3.21. The van der Waals surface area contributed by atoms with Gasteiger partial charge in [-0.2, -0.15) is 5.10 Å². The number of halogens is 1. The molecule has 1 saturated heterocycles. The monoisotopic (exact) mass is 427 g/mol. The highest BCUT2D eigenvalue weighted by atomic mass is 19.1. The van der Waals surface area contributed by atoms with E-state index >= 15 is 0 Å². The molecule has 0 bridgehead atoms. The van der Waals surface area contributed by atoms with Crippen molar-refractivity contribution in [3.63, 3.8) is 0 Å². The van der Waals surface area contributed by atoms with Gasteiger partial charge in [0.05, 0.1) is 6.54 Å². The van der Waals surface area contributed by atoms with E-state index in [9.17, 15) is 14.0 Å². The predicted octanol–water partition coefficient (Wildman–Crippen LogP) is 2.67. The van der Waals surface area contributed by atoms with E-state index in [2.05, 4.69) is 22.2 Å². The van der Waals surface area contributed by atoms with Gasteiger partial charge in [0.15, 0.2) is 5.69 Å². The Morgan fingerprint density at radius 3 is 2.77 bits per heavy atom. The Balaban J connectivity index is 1.30. The Labute approximate surface area is 182 Å². The maximum atomic E-state index is 13.1. The van der Waals surface area contributed by atoms with Gasteiger partial charge in [0.1, 0.15) is 11.5 Å². The smallest absolute Gasteiger partial charge is 0.272 e. The molecule has 1 N–H and O–H groups in total. The highest BCUT2D eigenvalue weighted by molar-refractivity contribution is 5.98. The van der Waals surface area contributed by atoms with Crippen LogP contribution in [-0.4, -0.2) is 63.6 Å². The highest BCUT2D eigenvalue weighted by Crippen LogP contribution is 2.18. The van der Waals surface area contributed by atoms with E-state index < -0.39 is 0 Å². The molecular weight excluding hydrogens is 397 g/mol. The molecule has 0 saturated carbocycles. The molecule has 8 heteroatoms. The van der Waals surface area contributed by atoms with Crippen LogP contribution < -0.4 is 5.32 Å². The first-order valence-corrected chi connectivity index (χ1v) is 11.1. The van der Waals surface area contributed by atoms with Gasteiger partial charge in [-0.3, -0.25) is 14.3 Å². The van der Waals surface area contributed by atoms with Crippen LogP contribution in [0.25, 0.3) is 0 Å². The molecule has 0 radical (unpaired) electrons. The lowest BCUT2D eigenvalue weighted by atomic mass is 10.0. The lowest BCUT2D eigenvalue weighted by Gasteiger charge is -2.33. The number of benzene rings is 1. The van der Waals surface area contributed by atoms with Crippen LogP contribution >= 0.6 is 0 Å². The summed E-state index contributed by atoms with van der Waals surface area (Å²) in [6.45, 7) is 6.42. The second kappa shape index (κ2) is 9.60. The van der Waals surface area contributed by atoms with Crippen LogP contribution in [0.1, 0.15) is 59.1 Å². The number of nitrogens with zero attached hydrogens (tertiary/aromatic N) is 4. The van der Waals surface area contributed by atoms with Crippen LogP contribution in [0.3, 0.4) is 0 Å². The van der Waals surface area contributed by atoms with Crippen molar-refractivity contribution in [2.45, 2.75) is 51.7 Å². The molecule has 0 spiro atoms. The second-order valence-corrected chi connectivity index (χ2v) is 8.48. The number of aromatic nitrogens is 2. The summed E-state index contributed by atoms with van der Waals surface area (Å²) in [6.07, 6.45) is 4.70. The third-order valence-electron chi connectivity index (χ3n) is 6.24. The van der Waals surface area contributed by atoms with E-state index in [0.717, 1.165) is 25.1 Å². The van der Waals surface area contributed by atoms with E-state index in [1.54, 1.807) is 27.8 Å². The van der Waals surface area contributed by atoms with E-state index in [0.29, 0.717) is 37.9 Å². The predicted molar refractivity (Wildman–Crippen MR) is 115 cm³/mol. The molecule has 31 heavy (non-hydrogen) atoms. The van der Waals surface area contributed by atoms with Crippen molar-refractivity contribution in [1.82, 2.24) is 24.9 Å². The van der Waals surface area contributed by atoms with Crippen molar-refractivity contribution >= 4 is 11.8 Å². The standard InChI is InChI=1S/C23H30FN5O2/c1-17-5-2-3-11-27(17)12-4-10-25-22(30)20-15-21-23(31)28(13-14-29(21)26-20)16-18-6-8-19(24)9-7-18/h6-9,15,17H,2-5,10-14,16H2,1H3,(H,25,30). The van der Waals surface area contributed by atoms with Gasteiger partial charge in [-0.25, -0.2) is 4.39 Å². The largest absolute Gasteiger partial charge is 0.351 e. The summed E-state index contributed by atoms with van der Waals surface area (Å²) in [5.74, 6) is -0.708. The molecular formula is C23H30FN5O2. The Hall–Kier alpha value is -2.74. The summed E-state index contributed by atoms with van der Waals surface area (Å²) < 4.78 is 14.7. The Morgan fingerprint density at radius 2 is 2.00 bits per heavy atom. The number of fused-ring (bicyclic) bond motifs is 1. The SMILES string of the molecule is CC1CCCCN1CCCNC(=O)c1cc2n(n1)CCN(Cc1ccc(F)cc1)C2=O. The zero-order valence-corrected chi connectivity index (χ0v) is 18.0. The molecule has 2 amide bonds. The van der Waals surface area contributed by atoms with Crippen LogP contribution in [0.4, 0.5) is 4.39 Å². The Kier molecular flexibility index (Phi) is 6.65. The minimum absolute atomic E-state index is 0.166. The van der Waals surface area contributed by atoms with Crippen molar-refractivity contribution in [1.29, 1.82) is 0 Å². The van der Waals surface area contributed by atoms with Gasteiger partial charge in [-0.05, 0) is 50.4 Å². The van der Waals surface area contributed by atoms with E-state index in [1.807, 2.05) is 0 Å². The van der Waals surface area contributed by atoms with Gasteiger partial charge in [-0.15, -0.1) is 0 Å². The molecule has 3 heterocycles. The number of likely N-dealkylation sites (tertiary alicyclic amines) is 1. The highest BCUT2D eigenvalue weighted by Gasteiger charge is 2.28. The van der Waals surface area contributed by atoms with Gasteiger partial charge in [0, 0.05) is 38.3 Å². The number of carbonyl (C=O) groups excluding carboxylic acids is 2. The summed E-state index contributed by atoms with van der Waals surface area (Å²) in [6, 6.07) is 8.33. The van der Waals surface area contributed by atoms with Crippen molar-refractivity contribution in [3.05, 3.63) is 53.1 Å². The fourth-order valence-corrected chi connectivity index (χ4v) is 4.37. The maximum absolute atomic E-state index is 13.1. The molecule has 1 aromatic heterocycles. The second-order valence-electron chi connectivity index (χ2n) is 8.48. The molecule has 2 aliphatic rings. The van der Waals surface area contributed by atoms with E-state index in [1.165, 1.54) is 31.4 Å². The first kappa shape index (κ1) is 21.5. The first-order valence-electron chi connectivity index (χ1n) is 11.1. The molecule has 1 unspecified atom stereocenters. The van der Waals surface area contributed by atoms with Crippen molar-refractivity contribution in [2.24, 2.45) is 0 Å². The summed E-state index contributed by atoms with van der Waals surface area (Å²) in [5, 5.41) is 7.26. The number of piperidine rings is 1. The van der Waals surface area contributed by atoms with Crippen LogP contribution in [-0.2, 0) is 13.1 Å². The zero-order chi connectivity index (χ0) is 21.8. The van der Waals surface area contributed by atoms with Gasteiger partial charge in [-0.1, -0.05) is 18.6 Å². The molecule has 2 aromatic rings. The molecule has 166 valence electrons. The van der Waals surface area contributed by atoms with Crippen molar-refractivity contribution in [2.75, 3.05) is 26.2 Å². The minimum atomic E-state index is -0.298. The van der Waals surface area contributed by atoms with Crippen LogP contribution in [0, 0.1) is 5.82 Å². The number of hydrogen-bond acceptors (Lipinski definition) is 4. The Morgan fingerprint density at radius 1 is 1.19 bits per heavy atom. The molecule has 2 aliphatic heterocycles. The molecule has 1 aromatic carbocycles. The van der Waals surface area contributed by atoms with Gasteiger partial charge in [0.25, 0.3) is 11.8 Å². The molecule has 1 atom stereocenters.